The minimum Gasteiger partial charge on any atom is -0.481 e. The van der Waals surface area contributed by atoms with Crippen molar-refractivity contribution in [3.63, 3.8) is 0 Å². The second-order valence-electron chi connectivity index (χ2n) is 6.79. The summed E-state index contributed by atoms with van der Waals surface area (Å²) < 4.78 is 4.84. The van der Waals surface area contributed by atoms with Crippen LogP contribution in [0.3, 0.4) is 0 Å². The van der Waals surface area contributed by atoms with Crippen LogP contribution in [0.15, 0.2) is 71.7 Å². The van der Waals surface area contributed by atoms with Gasteiger partial charge in [0.15, 0.2) is 12.1 Å². The molecule has 1 amide bonds. The van der Waals surface area contributed by atoms with E-state index < -0.39 is 11.9 Å². The average Bonchev–Trinajstić information content (AvgIpc) is 3.24. The number of aromatic nitrogens is 1. The minimum atomic E-state index is -0.889. The maximum absolute atomic E-state index is 12.3. The molecule has 0 aliphatic heterocycles. The SMILES string of the molecule is C[C@H](CC(Cc1ccc(-c2ccccc2)cc1)NC(=O)c1cocn1)C(=O)O. The van der Waals surface area contributed by atoms with Gasteiger partial charge in [-0.15, -0.1) is 0 Å². The van der Waals surface area contributed by atoms with Crippen molar-refractivity contribution in [3.05, 3.63) is 78.5 Å². The molecule has 1 heterocycles. The molecule has 0 bridgehead atoms. The fourth-order valence-corrected chi connectivity index (χ4v) is 3.05. The number of nitrogens with one attached hydrogen (secondary N) is 1. The van der Waals surface area contributed by atoms with E-state index in [1.807, 2.05) is 54.6 Å². The van der Waals surface area contributed by atoms with Crippen LogP contribution in [0.4, 0.5) is 0 Å². The lowest BCUT2D eigenvalue weighted by Gasteiger charge is -2.20. The van der Waals surface area contributed by atoms with Gasteiger partial charge in [0, 0.05) is 6.04 Å². The van der Waals surface area contributed by atoms with Gasteiger partial charge in [0.25, 0.3) is 5.91 Å². The van der Waals surface area contributed by atoms with Crippen LogP contribution in [0, 0.1) is 5.92 Å². The molecule has 0 aliphatic carbocycles. The van der Waals surface area contributed by atoms with Crippen molar-refractivity contribution in [1.29, 1.82) is 0 Å². The number of benzene rings is 2. The third kappa shape index (κ3) is 5.07. The monoisotopic (exact) mass is 378 g/mol. The third-order valence-corrected chi connectivity index (χ3v) is 4.60. The third-order valence-electron chi connectivity index (χ3n) is 4.60. The van der Waals surface area contributed by atoms with Crippen LogP contribution < -0.4 is 5.32 Å². The molecule has 3 aromatic rings. The highest BCUT2D eigenvalue weighted by Crippen LogP contribution is 2.20. The summed E-state index contributed by atoms with van der Waals surface area (Å²) in [7, 11) is 0. The van der Waals surface area contributed by atoms with Gasteiger partial charge in [-0.05, 0) is 29.5 Å². The number of carbonyl (C=O) groups excluding carboxylic acids is 1. The van der Waals surface area contributed by atoms with Gasteiger partial charge in [-0.25, -0.2) is 4.98 Å². The Morgan fingerprint density at radius 3 is 2.36 bits per heavy atom. The molecule has 0 aliphatic rings. The van der Waals surface area contributed by atoms with Crippen molar-refractivity contribution in [2.45, 2.75) is 25.8 Å². The summed E-state index contributed by atoms with van der Waals surface area (Å²) >= 11 is 0. The number of oxazole rings is 1. The van der Waals surface area contributed by atoms with E-state index in [2.05, 4.69) is 10.3 Å². The van der Waals surface area contributed by atoms with Crippen LogP contribution in [0.2, 0.25) is 0 Å². The van der Waals surface area contributed by atoms with E-state index in [1.54, 1.807) is 6.92 Å². The molecule has 0 radical (unpaired) electrons. The van der Waals surface area contributed by atoms with Crippen LogP contribution >= 0.6 is 0 Å². The van der Waals surface area contributed by atoms with Gasteiger partial charge < -0.3 is 14.8 Å². The molecule has 2 aromatic carbocycles. The number of rotatable bonds is 8. The zero-order valence-electron chi connectivity index (χ0n) is 15.5. The minimum absolute atomic E-state index is 0.174. The maximum atomic E-state index is 12.3. The summed E-state index contributed by atoms with van der Waals surface area (Å²) in [5.41, 5.74) is 3.42. The van der Waals surface area contributed by atoms with Crippen LogP contribution in [0.25, 0.3) is 11.1 Å². The Labute approximate surface area is 163 Å². The number of hydrogen-bond donors (Lipinski definition) is 2. The van der Waals surface area contributed by atoms with E-state index in [4.69, 9.17) is 4.42 Å². The topological polar surface area (TPSA) is 92.4 Å². The Hall–Kier alpha value is -3.41. The predicted molar refractivity (Wildman–Crippen MR) is 105 cm³/mol. The standard InChI is InChI=1S/C22H22N2O4/c1-15(22(26)27)11-19(24-21(25)20-13-28-14-23-20)12-16-7-9-18(10-8-16)17-5-3-2-4-6-17/h2-10,13-15,19H,11-12H2,1H3,(H,24,25)(H,26,27)/t15-,19?/m1/s1. The Morgan fingerprint density at radius 1 is 1.07 bits per heavy atom. The van der Waals surface area contributed by atoms with Gasteiger partial charge in [-0.3, -0.25) is 9.59 Å². The molecule has 0 spiro atoms. The Kier molecular flexibility index (Phi) is 6.22. The predicted octanol–water partition coefficient (Wildman–Crippen LogP) is 3.79. The number of carbonyl (C=O) groups is 2. The first-order valence-electron chi connectivity index (χ1n) is 9.09. The molecule has 28 heavy (non-hydrogen) atoms. The first kappa shape index (κ1) is 19.4. The van der Waals surface area contributed by atoms with Crippen molar-refractivity contribution < 1.29 is 19.1 Å². The van der Waals surface area contributed by atoms with Crippen molar-refractivity contribution in [3.8, 4) is 11.1 Å². The highest BCUT2D eigenvalue weighted by atomic mass is 16.4. The van der Waals surface area contributed by atoms with Gasteiger partial charge >= 0.3 is 5.97 Å². The largest absolute Gasteiger partial charge is 0.481 e. The molecule has 144 valence electrons. The Bertz CT molecular complexity index is 905. The summed E-state index contributed by atoms with van der Waals surface area (Å²) in [6.45, 7) is 1.64. The van der Waals surface area contributed by atoms with E-state index in [0.29, 0.717) is 12.8 Å². The average molecular weight is 378 g/mol. The second kappa shape index (κ2) is 8.99. The first-order valence-corrected chi connectivity index (χ1v) is 9.09. The first-order chi connectivity index (χ1) is 13.5. The number of nitrogens with zero attached hydrogens (tertiary/aromatic N) is 1. The van der Waals surface area contributed by atoms with E-state index in [9.17, 15) is 14.7 Å². The number of hydrogen-bond acceptors (Lipinski definition) is 4. The summed E-state index contributed by atoms with van der Waals surface area (Å²) in [4.78, 5) is 27.4. The number of carboxylic acids is 1. The Balaban J connectivity index is 1.72. The molecule has 0 saturated heterocycles. The Morgan fingerprint density at radius 2 is 1.75 bits per heavy atom. The summed E-state index contributed by atoms with van der Waals surface area (Å²) in [5.74, 6) is -1.84. The van der Waals surface area contributed by atoms with E-state index in [1.165, 1.54) is 12.7 Å². The normalized spacial score (nSPS) is 12.9. The fourth-order valence-electron chi connectivity index (χ4n) is 3.05. The number of aliphatic carboxylic acids is 1. The molecule has 6 nitrogen and oxygen atoms in total. The van der Waals surface area contributed by atoms with Gasteiger partial charge in [0.2, 0.25) is 0 Å². The number of carboxylic acid groups (broad SMARTS) is 1. The number of amides is 1. The van der Waals surface area contributed by atoms with Gasteiger partial charge in [-0.1, -0.05) is 61.5 Å². The lowest BCUT2D eigenvalue weighted by molar-refractivity contribution is -0.141. The maximum Gasteiger partial charge on any atom is 0.306 e. The summed E-state index contributed by atoms with van der Waals surface area (Å²) in [6.07, 6.45) is 3.30. The highest BCUT2D eigenvalue weighted by Gasteiger charge is 2.22. The van der Waals surface area contributed by atoms with Crippen LogP contribution in [0.5, 0.6) is 0 Å². The van der Waals surface area contributed by atoms with Crippen molar-refractivity contribution in [2.24, 2.45) is 5.92 Å². The molecule has 6 heteroatoms. The van der Waals surface area contributed by atoms with Crippen molar-refractivity contribution in [1.82, 2.24) is 10.3 Å². The van der Waals surface area contributed by atoms with Crippen molar-refractivity contribution >= 4 is 11.9 Å². The van der Waals surface area contributed by atoms with Crippen LogP contribution in [0.1, 0.15) is 29.4 Å². The summed E-state index contributed by atoms with van der Waals surface area (Å²) in [5, 5.41) is 12.1. The zero-order valence-corrected chi connectivity index (χ0v) is 15.5. The van der Waals surface area contributed by atoms with Crippen LogP contribution in [-0.4, -0.2) is 28.0 Å². The second-order valence-corrected chi connectivity index (χ2v) is 6.79. The zero-order chi connectivity index (χ0) is 19.9. The quantitative estimate of drug-likeness (QED) is 0.622. The molecular weight excluding hydrogens is 356 g/mol. The molecular formula is C22H22N2O4. The molecule has 0 fully saturated rings. The summed E-state index contributed by atoms with van der Waals surface area (Å²) in [6, 6.07) is 17.8. The van der Waals surface area contributed by atoms with E-state index in [0.717, 1.165) is 16.7 Å². The van der Waals surface area contributed by atoms with Gasteiger partial charge in [-0.2, -0.15) is 0 Å². The van der Waals surface area contributed by atoms with E-state index in [-0.39, 0.29) is 17.6 Å². The van der Waals surface area contributed by atoms with Gasteiger partial charge in [0.1, 0.15) is 6.26 Å². The lowest BCUT2D eigenvalue weighted by Crippen LogP contribution is -2.38. The van der Waals surface area contributed by atoms with Crippen LogP contribution in [-0.2, 0) is 11.2 Å². The highest BCUT2D eigenvalue weighted by molar-refractivity contribution is 5.92. The molecule has 1 aromatic heterocycles. The fraction of sp³-hybridized carbons (Fsp3) is 0.227. The van der Waals surface area contributed by atoms with Gasteiger partial charge in [0.05, 0.1) is 5.92 Å². The molecule has 2 atom stereocenters. The molecule has 3 rings (SSSR count). The molecule has 2 N–H and O–H groups in total. The van der Waals surface area contributed by atoms with E-state index >= 15 is 0 Å². The molecule has 0 saturated carbocycles. The smallest absolute Gasteiger partial charge is 0.306 e. The lowest BCUT2D eigenvalue weighted by atomic mass is 9.95. The van der Waals surface area contributed by atoms with Crippen molar-refractivity contribution in [2.75, 3.05) is 0 Å². The molecule has 1 unspecified atom stereocenters.